The SMILES string of the molecule is CC(OS(C)(=O)=O)c1cc(Cl)ccc1Cl. The van der Waals surface area contributed by atoms with Crippen LogP contribution in [0.3, 0.4) is 0 Å². The van der Waals surface area contributed by atoms with Crippen molar-refractivity contribution in [3.8, 4) is 0 Å². The molecular weight excluding hydrogens is 259 g/mol. The minimum atomic E-state index is -3.50. The first-order valence-corrected chi connectivity index (χ1v) is 6.70. The summed E-state index contributed by atoms with van der Waals surface area (Å²) in [4.78, 5) is 0. The minimum Gasteiger partial charge on any atom is -0.262 e. The van der Waals surface area contributed by atoms with Gasteiger partial charge in [-0.15, -0.1) is 0 Å². The fourth-order valence-electron chi connectivity index (χ4n) is 1.14. The Hall–Kier alpha value is -0.290. The van der Waals surface area contributed by atoms with Gasteiger partial charge in [-0.05, 0) is 25.1 Å². The van der Waals surface area contributed by atoms with Crippen molar-refractivity contribution in [2.24, 2.45) is 0 Å². The molecular formula is C9H10Cl2O3S. The minimum absolute atomic E-state index is 0.426. The lowest BCUT2D eigenvalue weighted by molar-refractivity contribution is 0.237. The van der Waals surface area contributed by atoms with Gasteiger partial charge in [-0.25, -0.2) is 0 Å². The van der Waals surface area contributed by atoms with Gasteiger partial charge in [0.1, 0.15) is 6.10 Å². The van der Waals surface area contributed by atoms with Gasteiger partial charge in [-0.1, -0.05) is 23.2 Å². The lowest BCUT2D eigenvalue weighted by Gasteiger charge is -2.13. The average molecular weight is 269 g/mol. The van der Waals surface area contributed by atoms with Gasteiger partial charge in [0.05, 0.1) is 6.26 Å². The summed E-state index contributed by atoms with van der Waals surface area (Å²) in [5.41, 5.74) is 0.551. The molecule has 0 aliphatic heterocycles. The van der Waals surface area contributed by atoms with Gasteiger partial charge in [0.25, 0.3) is 10.1 Å². The molecule has 84 valence electrons. The molecule has 1 atom stereocenters. The zero-order valence-electron chi connectivity index (χ0n) is 8.20. The van der Waals surface area contributed by atoms with Crippen molar-refractivity contribution in [3.05, 3.63) is 33.8 Å². The quantitative estimate of drug-likeness (QED) is 0.792. The van der Waals surface area contributed by atoms with E-state index < -0.39 is 16.2 Å². The van der Waals surface area contributed by atoms with Crippen molar-refractivity contribution in [3.63, 3.8) is 0 Å². The summed E-state index contributed by atoms with van der Waals surface area (Å²) < 4.78 is 26.6. The zero-order chi connectivity index (χ0) is 11.6. The highest BCUT2D eigenvalue weighted by Gasteiger charge is 2.15. The molecule has 0 amide bonds. The molecule has 0 saturated heterocycles. The zero-order valence-corrected chi connectivity index (χ0v) is 10.5. The molecule has 6 heteroatoms. The standard InChI is InChI=1S/C9H10Cl2O3S/c1-6(14-15(2,12)13)8-5-7(10)3-4-9(8)11/h3-6H,1-2H3. The maximum atomic E-state index is 10.9. The Bertz CT molecular complexity index is 456. The van der Waals surface area contributed by atoms with Crippen molar-refractivity contribution < 1.29 is 12.6 Å². The third-order valence-corrected chi connectivity index (χ3v) is 2.93. The summed E-state index contributed by atoms with van der Waals surface area (Å²) >= 11 is 11.7. The molecule has 0 N–H and O–H groups in total. The first-order chi connectivity index (χ1) is 6.79. The Morgan fingerprint density at radius 1 is 1.33 bits per heavy atom. The molecule has 0 heterocycles. The maximum absolute atomic E-state index is 10.9. The predicted octanol–water partition coefficient (Wildman–Crippen LogP) is 3.03. The molecule has 1 unspecified atom stereocenters. The van der Waals surface area contributed by atoms with Gasteiger partial charge in [-0.2, -0.15) is 8.42 Å². The molecule has 0 bridgehead atoms. The highest BCUT2D eigenvalue weighted by molar-refractivity contribution is 7.86. The molecule has 15 heavy (non-hydrogen) atoms. The van der Waals surface area contributed by atoms with E-state index in [-0.39, 0.29) is 0 Å². The average Bonchev–Trinajstić information content (AvgIpc) is 2.06. The van der Waals surface area contributed by atoms with Crippen LogP contribution in [0.4, 0.5) is 0 Å². The van der Waals surface area contributed by atoms with Crippen LogP contribution in [0, 0.1) is 0 Å². The molecule has 0 spiro atoms. The van der Waals surface area contributed by atoms with Crippen LogP contribution < -0.4 is 0 Å². The van der Waals surface area contributed by atoms with Crippen molar-refractivity contribution >= 4 is 33.3 Å². The first kappa shape index (κ1) is 12.8. The monoisotopic (exact) mass is 268 g/mol. The number of halogens is 2. The fourth-order valence-corrected chi connectivity index (χ4v) is 2.22. The van der Waals surface area contributed by atoms with Crippen LogP contribution >= 0.6 is 23.2 Å². The van der Waals surface area contributed by atoms with Crippen LogP contribution in [-0.4, -0.2) is 14.7 Å². The van der Waals surface area contributed by atoms with Crippen LogP contribution in [0.2, 0.25) is 10.0 Å². The molecule has 0 aliphatic carbocycles. The topological polar surface area (TPSA) is 43.4 Å². The maximum Gasteiger partial charge on any atom is 0.264 e. The summed E-state index contributed by atoms with van der Waals surface area (Å²) in [6.07, 6.45) is 0.341. The third-order valence-electron chi connectivity index (χ3n) is 1.72. The summed E-state index contributed by atoms with van der Waals surface area (Å²) in [6, 6.07) is 4.81. The number of rotatable bonds is 3. The Labute approximate surface area is 99.1 Å². The highest BCUT2D eigenvalue weighted by atomic mass is 35.5. The smallest absolute Gasteiger partial charge is 0.262 e. The van der Waals surface area contributed by atoms with E-state index in [2.05, 4.69) is 0 Å². The molecule has 1 rings (SSSR count). The Kier molecular flexibility index (Phi) is 4.00. The van der Waals surface area contributed by atoms with Crippen LogP contribution in [0.1, 0.15) is 18.6 Å². The Morgan fingerprint density at radius 2 is 1.93 bits per heavy atom. The Balaban J connectivity index is 3.00. The van der Waals surface area contributed by atoms with E-state index in [1.54, 1.807) is 25.1 Å². The summed E-state index contributed by atoms with van der Waals surface area (Å²) in [7, 11) is -3.50. The van der Waals surface area contributed by atoms with Crippen molar-refractivity contribution in [1.82, 2.24) is 0 Å². The largest absolute Gasteiger partial charge is 0.264 e. The van der Waals surface area contributed by atoms with Crippen molar-refractivity contribution in [2.75, 3.05) is 6.26 Å². The molecule has 0 radical (unpaired) electrons. The van der Waals surface area contributed by atoms with Gasteiger partial charge >= 0.3 is 0 Å². The van der Waals surface area contributed by atoms with Crippen molar-refractivity contribution in [2.45, 2.75) is 13.0 Å². The van der Waals surface area contributed by atoms with Crippen molar-refractivity contribution in [1.29, 1.82) is 0 Å². The van der Waals surface area contributed by atoms with E-state index >= 15 is 0 Å². The van der Waals surface area contributed by atoms with Gasteiger partial charge in [0.15, 0.2) is 0 Å². The van der Waals surface area contributed by atoms with Crippen LogP contribution in [-0.2, 0) is 14.3 Å². The Morgan fingerprint density at radius 3 is 2.47 bits per heavy atom. The van der Waals surface area contributed by atoms with E-state index in [0.29, 0.717) is 15.6 Å². The van der Waals surface area contributed by atoms with E-state index in [9.17, 15) is 8.42 Å². The molecule has 0 fully saturated rings. The second kappa shape index (κ2) is 4.70. The lowest BCUT2D eigenvalue weighted by Crippen LogP contribution is -2.07. The summed E-state index contributed by atoms with van der Waals surface area (Å²) in [5.74, 6) is 0. The van der Waals surface area contributed by atoms with Crippen LogP contribution in [0.15, 0.2) is 18.2 Å². The lowest BCUT2D eigenvalue weighted by atomic mass is 10.1. The predicted molar refractivity (Wildman–Crippen MR) is 60.8 cm³/mol. The highest BCUT2D eigenvalue weighted by Crippen LogP contribution is 2.28. The second-order valence-corrected chi connectivity index (χ2v) is 5.55. The summed E-state index contributed by atoms with van der Waals surface area (Å²) in [6.45, 7) is 1.60. The van der Waals surface area contributed by atoms with Gasteiger partial charge < -0.3 is 0 Å². The molecule has 0 aliphatic rings. The van der Waals surface area contributed by atoms with Crippen LogP contribution in [0.25, 0.3) is 0 Å². The number of hydrogen-bond acceptors (Lipinski definition) is 3. The molecule has 3 nitrogen and oxygen atoms in total. The molecule has 0 saturated carbocycles. The van der Waals surface area contributed by atoms with E-state index in [0.717, 1.165) is 6.26 Å². The first-order valence-electron chi connectivity index (χ1n) is 4.13. The number of hydrogen-bond donors (Lipinski definition) is 0. The van der Waals surface area contributed by atoms with Gasteiger partial charge in [0, 0.05) is 15.6 Å². The second-order valence-electron chi connectivity index (χ2n) is 3.11. The van der Waals surface area contributed by atoms with Gasteiger partial charge in [-0.3, -0.25) is 4.18 Å². The van der Waals surface area contributed by atoms with Crippen LogP contribution in [0.5, 0.6) is 0 Å². The van der Waals surface area contributed by atoms with E-state index in [1.165, 1.54) is 0 Å². The van der Waals surface area contributed by atoms with E-state index in [4.69, 9.17) is 27.4 Å². The third kappa shape index (κ3) is 3.99. The molecule has 1 aromatic carbocycles. The summed E-state index contributed by atoms with van der Waals surface area (Å²) in [5, 5.41) is 0.911. The van der Waals surface area contributed by atoms with Gasteiger partial charge in [0.2, 0.25) is 0 Å². The van der Waals surface area contributed by atoms with E-state index in [1.807, 2.05) is 0 Å². The number of benzene rings is 1. The molecule has 0 aromatic heterocycles. The molecule has 1 aromatic rings. The normalized spacial score (nSPS) is 13.9. The fraction of sp³-hybridized carbons (Fsp3) is 0.333.